The van der Waals surface area contributed by atoms with Crippen LogP contribution in [0.25, 0.3) is 44.4 Å². The van der Waals surface area contributed by atoms with Crippen LogP contribution < -0.4 is 5.14 Å². The van der Waals surface area contributed by atoms with Gasteiger partial charge in [0.1, 0.15) is 5.69 Å². The summed E-state index contributed by atoms with van der Waals surface area (Å²) in [5.74, 6) is 0.565. The first-order valence-corrected chi connectivity index (χ1v) is 10.0. The molecule has 0 spiro atoms. The molecule has 0 saturated heterocycles. The molecule has 0 amide bonds. The second-order valence-corrected chi connectivity index (χ2v) is 8.08. The number of aromatic nitrogens is 4. The normalized spacial score (nSPS) is 12.4. The molecule has 3 heterocycles. The number of aliphatic hydroxyl groups excluding tert-OH is 1. The van der Waals surface area contributed by atoms with E-state index in [0.717, 1.165) is 21.9 Å². The van der Waals surface area contributed by atoms with Crippen LogP contribution in [0.4, 0.5) is 0 Å². The summed E-state index contributed by atoms with van der Waals surface area (Å²) in [4.78, 5) is 15.5. The summed E-state index contributed by atoms with van der Waals surface area (Å²) in [5.41, 5.74) is 4.04. The molecule has 5 aromatic rings. The van der Waals surface area contributed by atoms with E-state index in [1.807, 2.05) is 30.3 Å². The summed E-state index contributed by atoms with van der Waals surface area (Å²) in [7, 11) is -3.83. The van der Waals surface area contributed by atoms with Crippen LogP contribution in [-0.4, -0.2) is 33.5 Å². The summed E-state index contributed by atoms with van der Waals surface area (Å²) in [6, 6.07) is 14.1. The topological polar surface area (TPSA) is 138 Å². The van der Waals surface area contributed by atoms with Crippen LogP contribution >= 0.6 is 0 Å². The quantitative estimate of drug-likeness (QED) is 0.373. The zero-order valence-corrected chi connectivity index (χ0v) is 15.3. The van der Waals surface area contributed by atoms with Crippen LogP contribution in [-0.2, 0) is 16.6 Å². The highest BCUT2D eigenvalue weighted by molar-refractivity contribution is 7.89. The second kappa shape index (κ2) is 5.86. The predicted molar refractivity (Wildman–Crippen MR) is 106 cm³/mol. The Morgan fingerprint density at radius 3 is 2.54 bits per heavy atom. The van der Waals surface area contributed by atoms with Crippen molar-refractivity contribution >= 4 is 42.9 Å². The van der Waals surface area contributed by atoms with Crippen LogP contribution in [0.5, 0.6) is 0 Å². The first kappa shape index (κ1) is 16.9. The third-order valence-corrected chi connectivity index (χ3v) is 5.66. The van der Waals surface area contributed by atoms with Crippen molar-refractivity contribution in [1.82, 2.24) is 19.9 Å². The lowest BCUT2D eigenvalue weighted by Gasteiger charge is -2.03. The average Bonchev–Trinajstić information content (AvgIpc) is 3.27. The van der Waals surface area contributed by atoms with Gasteiger partial charge in [0, 0.05) is 16.3 Å². The van der Waals surface area contributed by atoms with E-state index in [0.29, 0.717) is 28.1 Å². The molecular weight excluding hydrogens is 378 g/mol. The van der Waals surface area contributed by atoms with Crippen LogP contribution in [0.15, 0.2) is 53.4 Å². The van der Waals surface area contributed by atoms with Crippen molar-refractivity contribution in [3.63, 3.8) is 0 Å². The zero-order chi connectivity index (χ0) is 19.5. The number of imidazole rings is 1. The minimum Gasteiger partial charge on any atom is -0.390 e. The molecule has 0 saturated carbocycles. The van der Waals surface area contributed by atoms with Gasteiger partial charge in [-0.3, -0.25) is 0 Å². The van der Waals surface area contributed by atoms with Gasteiger partial charge in [0.05, 0.1) is 33.7 Å². The molecule has 0 bridgehead atoms. The van der Waals surface area contributed by atoms with E-state index < -0.39 is 10.0 Å². The second-order valence-electron chi connectivity index (χ2n) is 6.51. The first-order chi connectivity index (χ1) is 13.4. The lowest BCUT2D eigenvalue weighted by atomic mass is 10.1. The number of nitrogens with two attached hydrogens (primary N) is 1. The van der Waals surface area contributed by atoms with Gasteiger partial charge in [0.25, 0.3) is 0 Å². The molecule has 0 unspecified atom stereocenters. The molecule has 0 fully saturated rings. The third-order valence-electron chi connectivity index (χ3n) is 4.75. The number of primary sulfonamides is 1. The maximum atomic E-state index is 11.7. The molecule has 0 aliphatic rings. The first-order valence-electron chi connectivity index (χ1n) is 8.48. The number of para-hydroxylation sites is 2. The molecule has 5 N–H and O–H groups in total. The van der Waals surface area contributed by atoms with Crippen LogP contribution in [0, 0.1) is 0 Å². The number of pyridine rings is 1. The Morgan fingerprint density at radius 2 is 1.79 bits per heavy atom. The van der Waals surface area contributed by atoms with Gasteiger partial charge in [-0.05, 0) is 36.4 Å². The SMILES string of the molecule is NS(=O)(=O)c1ccc2[nH]c3c(CO)nc(-c4nc5ccccc5[nH]4)cc3c2c1. The Kier molecular flexibility index (Phi) is 3.53. The number of aliphatic hydroxyl groups is 1. The number of hydrogen-bond donors (Lipinski definition) is 4. The third kappa shape index (κ3) is 2.56. The Hall–Kier alpha value is -3.27. The number of rotatable bonds is 3. The van der Waals surface area contributed by atoms with E-state index in [1.165, 1.54) is 12.1 Å². The minimum absolute atomic E-state index is 0.0218. The summed E-state index contributed by atoms with van der Waals surface area (Å²) in [6.45, 7) is -0.278. The maximum Gasteiger partial charge on any atom is 0.238 e. The number of benzene rings is 2. The Labute approximate surface area is 159 Å². The average molecular weight is 393 g/mol. The van der Waals surface area contributed by atoms with Gasteiger partial charge in [-0.25, -0.2) is 23.5 Å². The van der Waals surface area contributed by atoms with Crippen LogP contribution in [0.3, 0.4) is 0 Å². The van der Waals surface area contributed by atoms with Gasteiger partial charge >= 0.3 is 0 Å². The van der Waals surface area contributed by atoms with Crippen molar-refractivity contribution in [2.24, 2.45) is 5.14 Å². The molecule has 9 heteroatoms. The molecule has 3 aromatic heterocycles. The fourth-order valence-corrected chi connectivity index (χ4v) is 3.97. The van der Waals surface area contributed by atoms with E-state index >= 15 is 0 Å². The van der Waals surface area contributed by atoms with E-state index in [9.17, 15) is 13.5 Å². The molecule has 140 valence electrons. The molecule has 8 nitrogen and oxygen atoms in total. The zero-order valence-electron chi connectivity index (χ0n) is 14.5. The standard InChI is InChI=1S/C19H15N5O3S/c20-28(26,27)10-5-6-13-11(7-10)12-8-16(21-17(9-25)18(12)22-13)19-23-14-3-1-2-4-15(14)24-19/h1-8,22,25H,9H2,(H,23,24)(H2,20,26,27). The number of sulfonamides is 1. The van der Waals surface area contributed by atoms with Gasteiger partial charge in [0.15, 0.2) is 5.82 Å². The Bertz CT molecular complexity index is 1450. The monoisotopic (exact) mass is 393 g/mol. The maximum absolute atomic E-state index is 11.7. The van der Waals surface area contributed by atoms with Crippen molar-refractivity contribution in [3.05, 3.63) is 54.2 Å². The Balaban J connectivity index is 1.82. The van der Waals surface area contributed by atoms with Crippen molar-refractivity contribution in [2.45, 2.75) is 11.5 Å². The summed E-state index contributed by atoms with van der Waals surface area (Å²) in [6.07, 6.45) is 0. The molecule has 0 radical (unpaired) electrons. The smallest absolute Gasteiger partial charge is 0.238 e. The lowest BCUT2D eigenvalue weighted by Crippen LogP contribution is -2.11. The minimum atomic E-state index is -3.83. The molecule has 0 aliphatic heterocycles. The van der Waals surface area contributed by atoms with E-state index in [4.69, 9.17) is 5.14 Å². The van der Waals surface area contributed by atoms with Gasteiger partial charge < -0.3 is 15.1 Å². The number of H-pyrrole nitrogens is 2. The van der Waals surface area contributed by atoms with Gasteiger partial charge in [-0.2, -0.15) is 0 Å². The molecule has 0 atom stereocenters. The summed E-state index contributed by atoms with van der Waals surface area (Å²) < 4.78 is 23.5. The van der Waals surface area contributed by atoms with Crippen LogP contribution in [0.1, 0.15) is 5.69 Å². The van der Waals surface area contributed by atoms with Crippen LogP contribution in [0.2, 0.25) is 0 Å². The lowest BCUT2D eigenvalue weighted by molar-refractivity contribution is 0.278. The van der Waals surface area contributed by atoms with Crippen molar-refractivity contribution in [1.29, 1.82) is 0 Å². The highest BCUT2D eigenvalue weighted by atomic mass is 32.2. The van der Waals surface area contributed by atoms with E-state index in [1.54, 1.807) is 6.07 Å². The summed E-state index contributed by atoms with van der Waals surface area (Å²) >= 11 is 0. The fraction of sp³-hybridized carbons (Fsp3) is 0.0526. The molecule has 0 aliphatic carbocycles. The Morgan fingerprint density at radius 1 is 0.964 bits per heavy atom. The number of hydrogen-bond acceptors (Lipinski definition) is 5. The van der Waals surface area contributed by atoms with Crippen molar-refractivity contribution < 1.29 is 13.5 Å². The van der Waals surface area contributed by atoms with Crippen molar-refractivity contribution in [3.8, 4) is 11.5 Å². The molecule has 2 aromatic carbocycles. The molecular formula is C19H15N5O3S. The molecule has 28 heavy (non-hydrogen) atoms. The fourth-order valence-electron chi connectivity index (χ4n) is 3.43. The van der Waals surface area contributed by atoms with E-state index in [-0.39, 0.29) is 11.5 Å². The molecule has 5 rings (SSSR count). The number of fused-ring (bicyclic) bond motifs is 4. The number of aromatic amines is 2. The highest BCUT2D eigenvalue weighted by Gasteiger charge is 2.16. The van der Waals surface area contributed by atoms with Crippen molar-refractivity contribution in [2.75, 3.05) is 0 Å². The predicted octanol–water partition coefficient (Wildman–Crippen LogP) is 2.40. The van der Waals surface area contributed by atoms with E-state index in [2.05, 4.69) is 19.9 Å². The number of nitrogens with zero attached hydrogens (tertiary/aromatic N) is 2. The largest absolute Gasteiger partial charge is 0.390 e. The van der Waals surface area contributed by atoms with Gasteiger partial charge in [0.2, 0.25) is 10.0 Å². The highest BCUT2D eigenvalue weighted by Crippen LogP contribution is 2.32. The van der Waals surface area contributed by atoms with Gasteiger partial charge in [-0.15, -0.1) is 0 Å². The number of nitrogens with one attached hydrogen (secondary N) is 2. The summed E-state index contributed by atoms with van der Waals surface area (Å²) in [5, 5.41) is 16.5. The van der Waals surface area contributed by atoms with Gasteiger partial charge in [-0.1, -0.05) is 12.1 Å².